The highest BCUT2D eigenvalue weighted by Gasteiger charge is 2.48. The van der Waals surface area contributed by atoms with Gasteiger partial charge in [0.1, 0.15) is 10.6 Å². The predicted octanol–water partition coefficient (Wildman–Crippen LogP) is 4.89. The molecule has 3 aromatic rings. The number of carbonyl (C=O) groups excluding carboxylic acids is 3. The number of aromatic nitrogens is 1. The maximum absolute atomic E-state index is 13.5. The van der Waals surface area contributed by atoms with Crippen molar-refractivity contribution in [2.75, 3.05) is 25.7 Å². The average Bonchev–Trinajstić information content (AvgIpc) is 3.41. The van der Waals surface area contributed by atoms with E-state index in [1.54, 1.807) is 31.2 Å². The van der Waals surface area contributed by atoms with Crippen LogP contribution in [-0.4, -0.2) is 48.6 Å². The normalized spacial score (nSPS) is 16.6. The Bertz CT molecular complexity index is 1470. The van der Waals surface area contributed by atoms with E-state index < -0.39 is 23.7 Å². The van der Waals surface area contributed by atoms with E-state index in [1.807, 2.05) is 32.9 Å². The second-order valence-electron chi connectivity index (χ2n) is 8.73. The smallest absolute Gasteiger partial charge is 0.350 e. The molecule has 0 aliphatic carbocycles. The van der Waals surface area contributed by atoms with Gasteiger partial charge in [-0.1, -0.05) is 35.1 Å². The van der Waals surface area contributed by atoms with Gasteiger partial charge in [0, 0.05) is 5.56 Å². The summed E-state index contributed by atoms with van der Waals surface area (Å²) < 4.78 is 16.0. The number of hydrogen-bond acceptors (Lipinski definition) is 9. The first-order valence-corrected chi connectivity index (χ1v) is 12.7. The van der Waals surface area contributed by atoms with Crippen LogP contribution < -0.4 is 14.4 Å². The number of benzene rings is 2. The maximum atomic E-state index is 13.5. The van der Waals surface area contributed by atoms with Crippen LogP contribution in [0.2, 0.25) is 0 Å². The molecule has 2 heterocycles. The fourth-order valence-corrected chi connectivity index (χ4v) is 5.39. The molecule has 1 atom stereocenters. The summed E-state index contributed by atoms with van der Waals surface area (Å²) in [5.74, 6) is -1.76. The van der Waals surface area contributed by atoms with Crippen molar-refractivity contribution in [3.05, 3.63) is 74.8 Å². The number of esters is 1. The number of amides is 1. The van der Waals surface area contributed by atoms with Crippen LogP contribution in [-0.2, 0) is 14.3 Å². The lowest BCUT2D eigenvalue weighted by molar-refractivity contribution is -0.132. The van der Waals surface area contributed by atoms with E-state index in [9.17, 15) is 19.5 Å². The van der Waals surface area contributed by atoms with Crippen LogP contribution >= 0.6 is 11.3 Å². The number of Topliss-reactive ketones (excluding diaryl/α,β-unsaturated/α-hetero) is 1. The summed E-state index contributed by atoms with van der Waals surface area (Å²) in [5.41, 5.74) is 2.81. The molecule has 1 fully saturated rings. The van der Waals surface area contributed by atoms with Crippen molar-refractivity contribution in [3.63, 3.8) is 0 Å². The first kappa shape index (κ1) is 26.9. The second kappa shape index (κ2) is 10.7. The molecule has 0 bridgehead atoms. The van der Waals surface area contributed by atoms with Gasteiger partial charge in [-0.25, -0.2) is 9.78 Å². The topological polar surface area (TPSA) is 115 Å². The Morgan fingerprint density at radius 1 is 1.08 bits per heavy atom. The molecule has 1 N–H and O–H groups in total. The lowest BCUT2D eigenvalue weighted by atomic mass is 9.93. The van der Waals surface area contributed by atoms with E-state index in [-0.39, 0.29) is 21.3 Å². The molecular formula is C28H28N2O7S. The van der Waals surface area contributed by atoms with Gasteiger partial charge in [-0.3, -0.25) is 14.5 Å². The first-order valence-electron chi connectivity index (χ1n) is 11.9. The number of aliphatic hydroxyl groups is 1. The first-order chi connectivity index (χ1) is 18.1. The number of ether oxygens (including phenoxy) is 3. The van der Waals surface area contributed by atoms with Crippen LogP contribution in [0, 0.1) is 20.8 Å². The number of methoxy groups -OCH3 is 2. The Morgan fingerprint density at radius 2 is 1.82 bits per heavy atom. The molecule has 2 aromatic carbocycles. The molecular weight excluding hydrogens is 508 g/mol. The van der Waals surface area contributed by atoms with E-state index >= 15 is 0 Å². The van der Waals surface area contributed by atoms with Gasteiger partial charge in [0.15, 0.2) is 16.6 Å². The third-order valence-electron chi connectivity index (χ3n) is 6.26. The van der Waals surface area contributed by atoms with Crippen LogP contribution in [0.25, 0.3) is 5.76 Å². The van der Waals surface area contributed by atoms with Crippen molar-refractivity contribution in [2.24, 2.45) is 0 Å². The minimum Gasteiger partial charge on any atom is -0.507 e. The summed E-state index contributed by atoms with van der Waals surface area (Å²) in [6.45, 7) is 7.56. The number of aryl methyl sites for hydroxylation is 3. The number of nitrogens with zero attached hydrogens (tertiary/aromatic N) is 2. The van der Waals surface area contributed by atoms with Crippen molar-refractivity contribution in [1.29, 1.82) is 0 Å². The minimum atomic E-state index is -1.05. The van der Waals surface area contributed by atoms with E-state index in [0.29, 0.717) is 34.9 Å². The number of anilines is 1. The summed E-state index contributed by atoms with van der Waals surface area (Å²) in [7, 11) is 2.74. The number of carbonyl (C=O) groups is 3. The van der Waals surface area contributed by atoms with E-state index in [1.165, 1.54) is 19.1 Å². The van der Waals surface area contributed by atoms with Crippen molar-refractivity contribution >= 4 is 39.9 Å². The molecule has 10 heteroatoms. The van der Waals surface area contributed by atoms with Crippen molar-refractivity contribution in [1.82, 2.24) is 4.98 Å². The zero-order valence-corrected chi connectivity index (χ0v) is 22.8. The van der Waals surface area contributed by atoms with Gasteiger partial charge in [0.2, 0.25) is 0 Å². The molecule has 198 valence electrons. The molecule has 0 radical (unpaired) electrons. The van der Waals surface area contributed by atoms with Crippen LogP contribution in [0.15, 0.2) is 42.0 Å². The van der Waals surface area contributed by atoms with Gasteiger partial charge in [-0.15, -0.1) is 0 Å². The molecule has 9 nitrogen and oxygen atoms in total. The fraction of sp³-hybridized carbons (Fsp3) is 0.286. The van der Waals surface area contributed by atoms with Gasteiger partial charge in [0.25, 0.3) is 5.78 Å². The van der Waals surface area contributed by atoms with Gasteiger partial charge < -0.3 is 19.3 Å². The third-order valence-corrected chi connectivity index (χ3v) is 7.39. The molecule has 1 aromatic heterocycles. The Balaban J connectivity index is 1.99. The standard InChI is InChI=1S/C28H28N2O7S/c1-7-37-19-11-10-17(13-20(19)35-5)22-21(23(31)18-12-14(2)8-9-15(18)3)24(32)26(33)30(22)28-29-16(4)25(38-28)27(34)36-6/h8-13,22,31H,7H2,1-6H3/b23-21+. The predicted molar refractivity (Wildman–Crippen MR) is 143 cm³/mol. The average molecular weight is 537 g/mol. The van der Waals surface area contributed by atoms with Crippen molar-refractivity contribution in [2.45, 2.75) is 33.7 Å². The summed E-state index contributed by atoms with van der Waals surface area (Å²) in [5, 5.41) is 11.6. The molecule has 1 saturated heterocycles. The summed E-state index contributed by atoms with van der Waals surface area (Å²) in [4.78, 5) is 45.1. The van der Waals surface area contributed by atoms with Crippen LogP contribution in [0.1, 0.15) is 50.6 Å². The number of hydrogen-bond donors (Lipinski definition) is 1. The van der Waals surface area contributed by atoms with Crippen LogP contribution in [0.5, 0.6) is 11.5 Å². The maximum Gasteiger partial charge on any atom is 0.350 e. The minimum absolute atomic E-state index is 0.0950. The lowest BCUT2D eigenvalue weighted by Crippen LogP contribution is -2.29. The van der Waals surface area contributed by atoms with E-state index in [2.05, 4.69) is 4.98 Å². The molecule has 0 saturated carbocycles. The Morgan fingerprint density at radius 3 is 2.47 bits per heavy atom. The van der Waals surface area contributed by atoms with Gasteiger partial charge in [-0.05, 0) is 57.0 Å². The number of ketones is 1. The Hall–Kier alpha value is -4.18. The molecule has 1 amide bonds. The number of thiazole rings is 1. The number of rotatable bonds is 7. The van der Waals surface area contributed by atoms with Crippen molar-refractivity contribution < 1.29 is 33.7 Å². The molecule has 1 unspecified atom stereocenters. The monoisotopic (exact) mass is 536 g/mol. The van der Waals surface area contributed by atoms with Gasteiger partial charge >= 0.3 is 11.9 Å². The summed E-state index contributed by atoms with van der Waals surface area (Å²) in [6.07, 6.45) is 0. The van der Waals surface area contributed by atoms with Gasteiger partial charge in [0.05, 0.1) is 38.1 Å². The molecule has 38 heavy (non-hydrogen) atoms. The lowest BCUT2D eigenvalue weighted by Gasteiger charge is -2.24. The highest BCUT2D eigenvalue weighted by atomic mass is 32.1. The second-order valence-corrected chi connectivity index (χ2v) is 9.71. The Kier molecular flexibility index (Phi) is 7.54. The van der Waals surface area contributed by atoms with Crippen LogP contribution in [0.4, 0.5) is 5.13 Å². The van der Waals surface area contributed by atoms with Crippen molar-refractivity contribution in [3.8, 4) is 11.5 Å². The third kappa shape index (κ3) is 4.63. The van der Waals surface area contributed by atoms with Crippen LogP contribution in [0.3, 0.4) is 0 Å². The quantitative estimate of drug-likeness (QED) is 0.196. The van der Waals surface area contributed by atoms with E-state index in [4.69, 9.17) is 14.2 Å². The Labute approximate surface area is 224 Å². The molecule has 4 rings (SSSR count). The molecule has 0 spiro atoms. The zero-order valence-electron chi connectivity index (χ0n) is 21.9. The van der Waals surface area contributed by atoms with E-state index in [0.717, 1.165) is 22.5 Å². The summed E-state index contributed by atoms with van der Waals surface area (Å²) in [6, 6.07) is 9.49. The molecule has 1 aliphatic rings. The molecule has 1 aliphatic heterocycles. The van der Waals surface area contributed by atoms with Gasteiger partial charge in [-0.2, -0.15) is 0 Å². The highest BCUT2D eigenvalue weighted by molar-refractivity contribution is 7.17. The zero-order chi connectivity index (χ0) is 27.7. The summed E-state index contributed by atoms with van der Waals surface area (Å²) >= 11 is 0.937. The fourth-order valence-electron chi connectivity index (χ4n) is 4.38. The highest BCUT2D eigenvalue weighted by Crippen LogP contribution is 2.45. The number of aliphatic hydroxyl groups excluding tert-OH is 1. The SMILES string of the molecule is CCOc1ccc(C2/C(=C(\O)c3cc(C)ccc3C)C(=O)C(=O)N2c2nc(C)c(C(=O)OC)s2)cc1OC. The largest absolute Gasteiger partial charge is 0.507 e.